The van der Waals surface area contributed by atoms with E-state index >= 15 is 0 Å². The van der Waals surface area contributed by atoms with Crippen molar-refractivity contribution in [2.24, 2.45) is 0 Å². The van der Waals surface area contributed by atoms with Crippen LogP contribution >= 0.6 is 0 Å². The Labute approximate surface area is 125 Å². The van der Waals surface area contributed by atoms with Gasteiger partial charge in [0.05, 0.1) is 0 Å². The molecule has 0 saturated carbocycles. The van der Waals surface area contributed by atoms with E-state index in [0.29, 0.717) is 0 Å². The van der Waals surface area contributed by atoms with Crippen molar-refractivity contribution >= 4 is 16.7 Å². The normalized spacial score (nSPS) is 17.7. The number of carbonyl (C=O) groups excluding carboxylic acids is 1. The molecule has 1 N–H and O–H groups in total. The van der Waals surface area contributed by atoms with Gasteiger partial charge in [-0.3, -0.25) is 10.2 Å². The fraction of sp³-hybridized carbons (Fsp3) is 0.312. The van der Waals surface area contributed by atoms with Crippen LogP contribution in [-0.2, 0) is 4.79 Å². The number of fused-ring (bicyclic) bond motifs is 1. The summed E-state index contributed by atoms with van der Waals surface area (Å²) < 4.78 is 40.6. The van der Waals surface area contributed by atoms with Crippen LogP contribution in [0.2, 0.25) is 0 Å². The molecule has 1 unspecified atom stereocenters. The van der Waals surface area contributed by atoms with E-state index in [-0.39, 0.29) is 24.4 Å². The van der Waals surface area contributed by atoms with Crippen LogP contribution in [0.25, 0.3) is 10.8 Å². The molecule has 6 heteroatoms. The molecule has 3 rings (SSSR count). The summed E-state index contributed by atoms with van der Waals surface area (Å²) in [7, 11) is 0. The molecule has 116 valence electrons. The van der Waals surface area contributed by atoms with Crippen molar-refractivity contribution in [1.29, 1.82) is 0 Å². The lowest BCUT2D eigenvalue weighted by Gasteiger charge is -2.29. The SMILES string of the molecule is Cc1cc(C(N2CCC(=O)N2)C(F)(F)F)cc2ccccc12. The molecule has 1 aliphatic heterocycles. The van der Waals surface area contributed by atoms with Crippen LogP contribution < -0.4 is 5.43 Å². The minimum Gasteiger partial charge on any atom is -0.288 e. The number of rotatable bonds is 2. The van der Waals surface area contributed by atoms with Gasteiger partial charge in [-0.25, -0.2) is 5.01 Å². The Hall–Kier alpha value is -2.08. The standard InChI is InChI=1S/C16H15F3N2O/c1-10-8-12(9-11-4-2-3-5-13(10)11)15(16(17,18)19)21-7-6-14(22)20-21/h2-5,8-9,15H,6-7H2,1H3,(H,20,22). The lowest BCUT2D eigenvalue weighted by atomic mass is 9.97. The molecular formula is C16H15F3N2O. The molecule has 2 aromatic rings. The molecule has 3 nitrogen and oxygen atoms in total. The highest BCUT2D eigenvalue weighted by atomic mass is 19.4. The topological polar surface area (TPSA) is 32.3 Å². The third kappa shape index (κ3) is 2.66. The van der Waals surface area contributed by atoms with Crippen molar-refractivity contribution in [2.75, 3.05) is 6.54 Å². The number of alkyl halides is 3. The largest absolute Gasteiger partial charge is 0.409 e. The summed E-state index contributed by atoms with van der Waals surface area (Å²) in [4.78, 5) is 11.3. The summed E-state index contributed by atoms with van der Waals surface area (Å²) in [5, 5.41) is 2.67. The number of nitrogens with zero attached hydrogens (tertiary/aromatic N) is 1. The summed E-state index contributed by atoms with van der Waals surface area (Å²) in [5.74, 6) is -0.383. The number of hydrogen-bond donors (Lipinski definition) is 1. The zero-order chi connectivity index (χ0) is 15.9. The highest BCUT2D eigenvalue weighted by Gasteiger charge is 2.47. The summed E-state index contributed by atoms with van der Waals surface area (Å²) in [6.45, 7) is 1.84. The first-order valence-corrected chi connectivity index (χ1v) is 6.98. The second kappa shape index (κ2) is 5.28. The Morgan fingerprint density at radius 1 is 1.23 bits per heavy atom. The Balaban J connectivity index is 2.10. The van der Waals surface area contributed by atoms with Gasteiger partial charge in [-0.05, 0) is 34.9 Å². The minimum absolute atomic E-state index is 0.0505. The average Bonchev–Trinajstić information content (AvgIpc) is 2.83. The lowest BCUT2D eigenvalue weighted by molar-refractivity contribution is -0.191. The number of hydrogen-bond acceptors (Lipinski definition) is 2. The molecule has 22 heavy (non-hydrogen) atoms. The molecule has 0 aromatic heterocycles. The predicted molar refractivity (Wildman–Crippen MR) is 76.9 cm³/mol. The molecule has 0 spiro atoms. The number of halogens is 3. The van der Waals surface area contributed by atoms with Gasteiger partial charge in [-0.2, -0.15) is 13.2 Å². The van der Waals surface area contributed by atoms with Crippen molar-refractivity contribution < 1.29 is 18.0 Å². The van der Waals surface area contributed by atoms with E-state index in [0.717, 1.165) is 21.3 Å². The molecule has 1 aliphatic rings. The molecule has 0 radical (unpaired) electrons. The molecule has 1 amide bonds. The maximum Gasteiger partial charge on any atom is 0.409 e. The van der Waals surface area contributed by atoms with Crippen LogP contribution in [0.4, 0.5) is 13.2 Å². The van der Waals surface area contributed by atoms with E-state index in [9.17, 15) is 18.0 Å². The van der Waals surface area contributed by atoms with Gasteiger partial charge in [0, 0.05) is 13.0 Å². The van der Waals surface area contributed by atoms with E-state index in [1.54, 1.807) is 31.2 Å². The maximum atomic E-state index is 13.5. The smallest absolute Gasteiger partial charge is 0.288 e. The second-order valence-electron chi connectivity index (χ2n) is 5.48. The van der Waals surface area contributed by atoms with Crippen molar-refractivity contribution in [3.8, 4) is 0 Å². The molecule has 1 fully saturated rings. The van der Waals surface area contributed by atoms with Gasteiger partial charge in [0.1, 0.15) is 6.04 Å². The minimum atomic E-state index is -4.47. The molecule has 0 bridgehead atoms. The molecule has 1 atom stereocenters. The van der Waals surface area contributed by atoms with Gasteiger partial charge in [0.25, 0.3) is 0 Å². The van der Waals surface area contributed by atoms with Crippen molar-refractivity contribution in [2.45, 2.75) is 25.6 Å². The molecule has 1 saturated heterocycles. The highest BCUT2D eigenvalue weighted by molar-refractivity contribution is 5.86. The number of hydrazine groups is 1. The van der Waals surface area contributed by atoms with Gasteiger partial charge in [-0.15, -0.1) is 0 Å². The zero-order valence-electron chi connectivity index (χ0n) is 11.9. The van der Waals surface area contributed by atoms with Gasteiger partial charge in [0.2, 0.25) is 5.91 Å². The number of nitrogens with one attached hydrogen (secondary N) is 1. The van der Waals surface area contributed by atoms with E-state index in [4.69, 9.17) is 0 Å². The first-order chi connectivity index (χ1) is 10.4. The van der Waals surface area contributed by atoms with Gasteiger partial charge < -0.3 is 0 Å². The Kier molecular flexibility index (Phi) is 3.56. The Morgan fingerprint density at radius 3 is 2.59 bits per heavy atom. The molecule has 1 heterocycles. The quantitative estimate of drug-likeness (QED) is 0.921. The van der Waals surface area contributed by atoms with Gasteiger partial charge >= 0.3 is 6.18 Å². The van der Waals surface area contributed by atoms with Gasteiger partial charge in [0.15, 0.2) is 0 Å². The van der Waals surface area contributed by atoms with Gasteiger partial charge in [-0.1, -0.05) is 30.3 Å². The van der Waals surface area contributed by atoms with Crippen LogP contribution in [0.5, 0.6) is 0 Å². The summed E-state index contributed by atoms with van der Waals surface area (Å²) in [6, 6.07) is 8.59. The average molecular weight is 308 g/mol. The fourth-order valence-electron chi connectivity index (χ4n) is 2.92. The molecule has 0 aliphatic carbocycles. The van der Waals surface area contributed by atoms with Crippen LogP contribution in [0.15, 0.2) is 36.4 Å². The first kappa shape index (κ1) is 14.8. The van der Waals surface area contributed by atoms with Crippen molar-refractivity contribution in [3.63, 3.8) is 0 Å². The van der Waals surface area contributed by atoms with E-state index in [1.807, 2.05) is 12.1 Å². The monoisotopic (exact) mass is 308 g/mol. The predicted octanol–water partition coefficient (Wildman–Crippen LogP) is 3.49. The van der Waals surface area contributed by atoms with Crippen LogP contribution in [0, 0.1) is 6.92 Å². The maximum absolute atomic E-state index is 13.5. The highest BCUT2D eigenvalue weighted by Crippen LogP contribution is 2.39. The Bertz CT molecular complexity index is 727. The van der Waals surface area contributed by atoms with Crippen LogP contribution in [-0.4, -0.2) is 23.6 Å². The van der Waals surface area contributed by atoms with Crippen molar-refractivity contribution in [1.82, 2.24) is 10.4 Å². The number of carbonyl (C=O) groups is 1. The third-order valence-electron chi connectivity index (χ3n) is 3.88. The summed E-state index contributed by atoms with van der Waals surface area (Å²) in [6.07, 6.45) is -4.38. The number of amides is 1. The van der Waals surface area contributed by atoms with Crippen molar-refractivity contribution in [3.05, 3.63) is 47.5 Å². The van der Waals surface area contributed by atoms with Crippen LogP contribution in [0.1, 0.15) is 23.6 Å². The molecular weight excluding hydrogens is 293 g/mol. The Morgan fingerprint density at radius 2 is 1.95 bits per heavy atom. The van der Waals surface area contributed by atoms with E-state index < -0.39 is 12.2 Å². The summed E-state index contributed by atoms with van der Waals surface area (Å²) >= 11 is 0. The van der Waals surface area contributed by atoms with E-state index in [2.05, 4.69) is 5.43 Å². The van der Waals surface area contributed by atoms with E-state index in [1.165, 1.54) is 0 Å². The number of benzene rings is 2. The fourth-order valence-corrected chi connectivity index (χ4v) is 2.92. The second-order valence-corrected chi connectivity index (χ2v) is 5.48. The third-order valence-corrected chi connectivity index (χ3v) is 3.88. The summed E-state index contributed by atoms with van der Waals surface area (Å²) in [5.41, 5.74) is 3.23. The zero-order valence-corrected chi connectivity index (χ0v) is 11.9. The van der Waals surface area contributed by atoms with Crippen LogP contribution in [0.3, 0.4) is 0 Å². The number of aryl methyl sites for hydroxylation is 1. The molecule has 2 aromatic carbocycles. The first-order valence-electron chi connectivity index (χ1n) is 6.98. The lowest BCUT2D eigenvalue weighted by Crippen LogP contribution is -2.43.